The van der Waals surface area contributed by atoms with E-state index in [1.165, 1.54) is 18.7 Å². The molecule has 1 fully saturated rings. The van der Waals surface area contributed by atoms with Gasteiger partial charge in [0.1, 0.15) is 29.1 Å². The van der Waals surface area contributed by atoms with Crippen molar-refractivity contribution in [2.45, 2.75) is 77.4 Å². The molecule has 2 aromatic carbocycles. The van der Waals surface area contributed by atoms with Crippen LogP contribution in [0, 0.1) is 5.41 Å². The Labute approximate surface area is 277 Å². The molecule has 0 radical (unpaired) electrons. The fourth-order valence-corrected chi connectivity index (χ4v) is 5.61. The Kier molecular flexibility index (Phi) is 10.9. The first kappa shape index (κ1) is 36.4. The molecule has 2 heterocycles. The van der Waals surface area contributed by atoms with Crippen LogP contribution in [0.2, 0.25) is 0 Å². The highest BCUT2D eigenvalue weighted by Crippen LogP contribution is 2.40. The zero-order chi connectivity index (χ0) is 35.3. The highest BCUT2D eigenvalue weighted by atomic mass is 19.4. The lowest BCUT2D eigenvalue weighted by molar-refractivity contribution is -0.164. The maximum Gasteiger partial charge on any atom is 0.408 e. The van der Waals surface area contributed by atoms with Crippen LogP contribution in [0.5, 0.6) is 0 Å². The van der Waals surface area contributed by atoms with Crippen molar-refractivity contribution >= 4 is 29.5 Å². The van der Waals surface area contributed by atoms with Gasteiger partial charge in [0, 0.05) is 19.5 Å². The molecule has 0 aromatic heterocycles. The average Bonchev–Trinajstić information content (AvgIpc) is 3.24. The number of alkyl halides is 3. The third-order valence-electron chi connectivity index (χ3n) is 7.89. The van der Waals surface area contributed by atoms with Crippen LogP contribution < -0.4 is 10.6 Å². The number of hydrogen-bond acceptors (Lipinski definition) is 7. The van der Waals surface area contributed by atoms with E-state index in [0.29, 0.717) is 10.6 Å². The number of hydrazone groups is 1. The Morgan fingerprint density at radius 2 is 1.56 bits per heavy atom. The van der Waals surface area contributed by atoms with Crippen molar-refractivity contribution in [3.63, 3.8) is 0 Å². The van der Waals surface area contributed by atoms with Crippen LogP contribution in [0.4, 0.5) is 18.0 Å². The molecule has 260 valence electrons. The van der Waals surface area contributed by atoms with E-state index in [9.17, 15) is 32.3 Å². The van der Waals surface area contributed by atoms with Gasteiger partial charge in [0.2, 0.25) is 11.8 Å². The molecule has 2 aromatic rings. The smallest absolute Gasteiger partial charge is 0.408 e. The Bertz CT molecular complexity index is 1510. The number of likely N-dealkylation sites (tertiary alicyclic amines) is 1. The maximum absolute atomic E-state index is 14.2. The summed E-state index contributed by atoms with van der Waals surface area (Å²) < 4.78 is 51.4. The minimum atomic E-state index is -4.68. The Morgan fingerprint density at radius 1 is 0.958 bits per heavy atom. The summed E-state index contributed by atoms with van der Waals surface area (Å²) in [5.74, 6) is -2.15. The Balaban J connectivity index is 1.58. The van der Waals surface area contributed by atoms with Crippen molar-refractivity contribution in [2.75, 3.05) is 26.2 Å². The number of halogens is 3. The number of piperidine rings is 1. The van der Waals surface area contributed by atoms with Crippen LogP contribution in [0.15, 0.2) is 65.8 Å². The Hall–Kier alpha value is -4.46. The van der Waals surface area contributed by atoms with E-state index in [2.05, 4.69) is 15.7 Å². The van der Waals surface area contributed by atoms with E-state index in [-0.39, 0.29) is 44.9 Å². The number of benzene rings is 2. The van der Waals surface area contributed by atoms with Crippen molar-refractivity contribution in [2.24, 2.45) is 10.5 Å². The molecule has 4 amide bonds. The minimum absolute atomic E-state index is 0.0258. The predicted molar refractivity (Wildman–Crippen MR) is 170 cm³/mol. The van der Waals surface area contributed by atoms with Gasteiger partial charge in [-0.2, -0.15) is 18.3 Å². The van der Waals surface area contributed by atoms with E-state index in [0.717, 1.165) is 5.56 Å². The van der Waals surface area contributed by atoms with Gasteiger partial charge in [0.15, 0.2) is 0 Å². The first-order chi connectivity index (χ1) is 22.4. The highest BCUT2D eigenvalue weighted by molar-refractivity contribution is 6.14. The number of alkyl carbamates (subject to hydrolysis) is 1. The first-order valence-corrected chi connectivity index (χ1v) is 15.6. The average molecular weight is 674 g/mol. The van der Waals surface area contributed by atoms with Gasteiger partial charge in [-0.15, -0.1) is 0 Å². The number of carbonyl (C=O) groups is 4. The van der Waals surface area contributed by atoms with E-state index in [1.54, 1.807) is 51.1 Å². The molecule has 2 aliphatic rings. The molecule has 14 heteroatoms. The number of ether oxygens (including phenoxy) is 2. The zero-order valence-corrected chi connectivity index (χ0v) is 27.7. The molecule has 0 spiro atoms. The van der Waals surface area contributed by atoms with E-state index < -0.39 is 59.1 Å². The van der Waals surface area contributed by atoms with Gasteiger partial charge in [0.05, 0.1) is 18.9 Å². The summed E-state index contributed by atoms with van der Waals surface area (Å²) in [6.07, 6.45) is -5.43. The van der Waals surface area contributed by atoms with Gasteiger partial charge in [-0.3, -0.25) is 14.4 Å². The van der Waals surface area contributed by atoms with Crippen LogP contribution in [0.1, 0.15) is 52.2 Å². The van der Waals surface area contributed by atoms with Crippen molar-refractivity contribution in [3.05, 3.63) is 71.8 Å². The van der Waals surface area contributed by atoms with Gasteiger partial charge in [-0.25, -0.2) is 9.80 Å². The quantitative estimate of drug-likeness (QED) is 0.368. The lowest BCUT2D eigenvalue weighted by Gasteiger charge is -2.41. The number of carbonyl (C=O) groups excluding carboxylic acids is 4. The van der Waals surface area contributed by atoms with Gasteiger partial charge < -0.3 is 25.0 Å². The van der Waals surface area contributed by atoms with Crippen LogP contribution in [0.25, 0.3) is 0 Å². The molecule has 2 N–H and O–H groups in total. The molecule has 2 atom stereocenters. The van der Waals surface area contributed by atoms with Crippen molar-refractivity contribution in [3.8, 4) is 0 Å². The third kappa shape index (κ3) is 9.33. The maximum atomic E-state index is 14.2. The van der Waals surface area contributed by atoms with Crippen LogP contribution >= 0.6 is 0 Å². The predicted octanol–water partition coefficient (Wildman–Crippen LogP) is 4.21. The zero-order valence-electron chi connectivity index (χ0n) is 27.7. The second kappa shape index (κ2) is 14.3. The molecule has 0 aliphatic carbocycles. The van der Waals surface area contributed by atoms with Crippen molar-refractivity contribution in [1.82, 2.24) is 20.5 Å². The van der Waals surface area contributed by atoms with Crippen molar-refractivity contribution < 1.29 is 41.8 Å². The lowest BCUT2D eigenvalue weighted by atomic mass is 9.73. The van der Waals surface area contributed by atoms with Crippen molar-refractivity contribution in [1.29, 1.82) is 0 Å². The van der Waals surface area contributed by atoms with Gasteiger partial charge in [-0.1, -0.05) is 60.7 Å². The molecule has 1 saturated heterocycles. The Morgan fingerprint density at radius 3 is 2.15 bits per heavy atom. The summed E-state index contributed by atoms with van der Waals surface area (Å²) in [5, 5.41) is 9.74. The van der Waals surface area contributed by atoms with E-state index in [1.807, 2.05) is 30.3 Å². The van der Waals surface area contributed by atoms with E-state index >= 15 is 0 Å². The second-order valence-corrected chi connectivity index (χ2v) is 13.6. The molecule has 4 rings (SSSR count). The standard InChI is InChI=1S/C34H42F3N5O6/c1-31(2,3)48-30(46)39-32(4,5)28(44)38-25(20-47-19-24-14-10-7-11-15-24)27(43)41-17-16-26-33(21-41,18-23-12-8-6-9-13-23)29(45)42(40-26)22-34(35,36)37/h6-15,25H,16-22H2,1-5H3,(H,38,44)(H,39,46)/t25-,33+/m1/s1. The molecular formula is C34H42F3N5O6. The molecular weight excluding hydrogens is 631 g/mol. The number of amides is 4. The van der Waals surface area contributed by atoms with Gasteiger partial charge in [0.25, 0.3) is 5.91 Å². The largest absolute Gasteiger partial charge is 0.444 e. The SMILES string of the molecule is CC(C)(C)OC(=O)NC(C)(C)C(=O)N[C@H](COCc1ccccc1)C(=O)N1CCC2=NN(CC(F)(F)F)C(=O)[C@@]2(Cc2ccccc2)C1. The summed E-state index contributed by atoms with van der Waals surface area (Å²) in [6.45, 7) is 6.03. The first-order valence-electron chi connectivity index (χ1n) is 15.6. The number of hydrogen-bond donors (Lipinski definition) is 2. The highest BCUT2D eigenvalue weighted by Gasteiger charge is 2.56. The van der Waals surface area contributed by atoms with Crippen LogP contribution in [-0.2, 0) is 36.9 Å². The molecule has 0 unspecified atom stereocenters. The molecule has 2 aliphatic heterocycles. The monoisotopic (exact) mass is 673 g/mol. The minimum Gasteiger partial charge on any atom is -0.444 e. The van der Waals surface area contributed by atoms with Gasteiger partial charge >= 0.3 is 12.3 Å². The molecule has 0 bridgehead atoms. The van der Waals surface area contributed by atoms with E-state index in [4.69, 9.17) is 9.47 Å². The fraction of sp³-hybridized carbons (Fsp3) is 0.500. The number of nitrogens with zero attached hydrogens (tertiary/aromatic N) is 3. The number of fused-ring (bicyclic) bond motifs is 1. The molecule has 11 nitrogen and oxygen atoms in total. The normalized spacial score (nSPS) is 18.9. The van der Waals surface area contributed by atoms with Gasteiger partial charge in [-0.05, 0) is 52.2 Å². The fourth-order valence-electron chi connectivity index (χ4n) is 5.61. The summed E-state index contributed by atoms with van der Waals surface area (Å²) in [7, 11) is 0. The van der Waals surface area contributed by atoms with Crippen LogP contribution in [-0.4, -0.2) is 89.0 Å². The topological polar surface area (TPSA) is 130 Å². The summed E-state index contributed by atoms with van der Waals surface area (Å²) in [4.78, 5) is 55.3. The third-order valence-corrected chi connectivity index (χ3v) is 7.89. The summed E-state index contributed by atoms with van der Waals surface area (Å²) in [6, 6.07) is 16.7. The summed E-state index contributed by atoms with van der Waals surface area (Å²) >= 11 is 0. The molecule has 48 heavy (non-hydrogen) atoms. The number of rotatable bonds is 11. The second-order valence-electron chi connectivity index (χ2n) is 13.6. The number of nitrogens with one attached hydrogen (secondary N) is 2. The molecule has 0 saturated carbocycles. The summed E-state index contributed by atoms with van der Waals surface area (Å²) in [5.41, 5.74) is -2.09. The lowest BCUT2D eigenvalue weighted by Crippen LogP contribution is -2.63. The van der Waals surface area contributed by atoms with Crippen LogP contribution in [0.3, 0.4) is 0 Å².